The fraction of sp³-hybridized carbons (Fsp3) is 0.143. The van der Waals surface area contributed by atoms with Crippen LogP contribution in [0.2, 0.25) is 5.02 Å². The number of anilines is 1. The minimum absolute atomic E-state index is 0.284. The Morgan fingerprint density at radius 1 is 1.12 bits per heavy atom. The van der Waals surface area contributed by atoms with Crippen LogP contribution in [0, 0.1) is 20.8 Å². The Hall–Kier alpha value is -2.85. The van der Waals surface area contributed by atoms with Crippen LogP contribution in [0.1, 0.15) is 27.4 Å². The first-order chi connectivity index (χ1) is 12.4. The number of aromatic nitrogens is 1. The number of fused-ring (bicyclic) bond motifs is 2. The summed E-state index contributed by atoms with van der Waals surface area (Å²) in [6.07, 6.45) is 0. The summed E-state index contributed by atoms with van der Waals surface area (Å²) < 4.78 is 5.81. The topological polar surface area (TPSA) is 55.1 Å². The van der Waals surface area contributed by atoms with Crippen molar-refractivity contribution in [3.63, 3.8) is 0 Å². The van der Waals surface area contributed by atoms with E-state index < -0.39 is 0 Å². The molecular weight excluding hydrogens is 348 g/mol. The maximum Gasteiger partial charge on any atom is 0.291 e. The summed E-state index contributed by atoms with van der Waals surface area (Å²) in [7, 11) is 0. The number of nitrogens with zero attached hydrogens (tertiary/aromatic N) is 1. The summed E-state index contributed by atoms with van der Waals surface area (Å²) in [4.78, 5) is 17.4. The molecule has 26 heavy (non-hydrogen) atoms. The van der Waals surface area contributed by atoms with Crippen molar-refractivity contribution >= 4 is 45.1 Å². The molecule has 0 atom stereocenters. The number of pyridine rings is 1. The summed E-state index contributed by atoms with van der Waals surface area (Å²) in [6.45, 7) is 5.69. The predicted octanol–water partition coefficient (Wildman–Crippen LogP) is 5.81. The Balaban J connectivity index is 1.77. The highest BCUT2D eigenvalue weighted by Crippen LogP contribution is 2.31. The van der Waals surface area contributed by atoms with Crippen molar-refractivity contribution < 1.29 is 9.21 Å². The molecule has 0 bridgehead atoms. The van der Waals surface area contributed by atoms with E-state index >= 15 is 0 Å². The molecule has 0 aliphatic rings. The third kappa shape index (κ3) is 2.72. The normalized spacial score (nSPS) is 11.2. The highest BCUT2D eigenvalue weighted by molar-refractivity contribution is 6.32. The number of para-hydroxylation sites is 1. The predicted molar refractivity (Wildman–Crippen MR) is 105 cm³/mol. The lowest BCUT2D eigenvalue weighted by Crippen LogP contribution is -2.12. The molecule has 0 aliphatic carbocycles. The molecule has 1 N–H and O–H groups in total. The summed E-state index contributed by atoms with van der Waals surface area (Å²) in [5.41, 5.74) is 4.64. The number of nitrogens with one attached hydrogen (secondary N) is 1. The van der Waals surface area contributed by atoms with Gasteiger partial charge >= 0.3 is 0 Å². The van der Waals surface area contributed by atoms with Gasteiger partial charge in [-0.25, -0.2) is 0 Å². The molecule has 4 nitrogen and oxygen atoms in total. The second kappa shape index (κ2) is 6.15. The molecule has 5 heteroatoms. The Kier molecular flexibility index (Phi) is 3.93. The molecule has 0 saturated carbocycles. The third-order valence-electron chi connectivity index (χ3n) is 4.53. The number of hydrogen-bond donors (Lipinski definition) is 1. The number of amides is 1. The Labute approximate surface area is 155 Å². The van der Waals surface area contributed by atoms with Crippen molar-refractivity contribution in [1.29, 1.82) is 0 Å². The van der Waals surface area contributed by atoms with Gasteiger partial charge in [-0.1, -0.05) is 29.8 Å². The molecule has 4 aromatic rings. The molecule has 0 radical (unpaired) electrons. The molecule has 0 unspecified atom stereocenters. The molecule has 2 aromatic heterocycles. The standard InChI is InChI=1S/C21H17ClN2O2/c1-11-9-18-15(10-16(11)22)13(3)20(26-18)21(25)24-17-6-4-5-14-8-7-12(2)23-19(14)17/h4-10H,1-3H3,(H,24,25). The smallest absolute Gasteiger partial charge is 0.291 e. The second-order valence-corrected chi connectivity index (χ2v) is 6.84. The maximum atomic E-state index is 12.8. The van der Waals surface area contributed by atoms with Crippen molar-refractivity contribution in [3.8, 4) is 0 Å². The van der Waals surface area contributed by atoms with Crippen LogP contribution in [-0.4, -0.2) is 10.9 Å². The van der Waals surface area contributed by atoms with E-state index in [1.165, 1.54) is 0 Å². The number of aryl methyl sites for hydroxylation is 3. The lowest BCUT2D eigenvalue weighted by atomic mass is 10.1. The number of rotatable bonds is 2. The zero-order chi connectivity index (χ0) is 18.4. The van der Waals surface area contributed by atoms with Crippen molar-refractivity contribution in [1.82, 2.24) is 4.98 Å². The maximum absolute atomic E-state index is 12.8. The minimum Gasteiger partial charge on any atom is -0.451 e. The fourth-order valence-corrected chi connectivity index (χ4v) is 3.25. The Morgan fingerprint density at radius 2 is 1.92 bits per heavy atom. The number of carbonyl (C=O) groups is 1. The summed E-state index contributed by atoms with van der Waals surface area (Å²) >= 11 is 6.21. The first-order valence-electron chi connectivity index (χ1n) is 8.31. The van der Waals surface area contributed by atoms with Gasteiger partial charge in [-0.15, -0.1) is 0 Å². The molecule has 130 valence electrons. The molecular formula is C21H17ClN2O2. The molecule has 2 aromatic carbocycles. The van der Waals surface area contributed by atoms with Crippen molar-refractivity contribution in [3.05, 3.63) is 70.1 Å². The Morgan fingerprint density at radius 3 is 2.73 bits per heavy atom. The SMILES string of the molecule is Cc1ccc2cccc(NC(=O)c3oc4cc(C)c(Cl)cc4c3C)c2n1. The average molecular weight is 365 g/mol. The van der Waals surface area contributed by atoms with Crippen molar-refractivity contribution in [2.75, 3.05) is 5.32 Å². The van der Waals surface area contributed by atoms with Gasteiger partial charge in [0.25, 0.3) is 5.91 Å². The van der Waals surface area contributed by atoms with Gasteiger partial charge < -0.3 is 9.73 Å². The number of benzene rings is 2. The molecule has 1 amide bonds. The van der Waals surface area contributed by atoms with Gasteiger partial charge in [0.15, 0.2) is 5.76 Å². The molecule has 4 rings (SSSR count). The van der Waals surface area contributed by atoms with Gasteiger partial charge in [0.1, 0.15) is 5.58 Å². The van der Waals surface area contributed by atoms with Gasteiger partial charge in [0, 0.05) is 27.1 Å². The average Bonchev–Trinajstić information content (AvgIpc) is 2.92. The van der Waals surface area contributed by atoms with E-state index in [0.717, 1.165) is 33.1 Å². The van der Waals surface area contributed by atoms with E-state index in [-0.39, 0.29) is 11.7 Å². The molecule has 0 aliphatic heterocycles. The van der Waals surface area contributed by atoms with E-state index in [4.69, 9.17) is 16.0 Å². The first-order valence-corrected chi connectivity index (χ1v) is 8.69. The number of furan rings is 1. The second-order valence-electron chi connectivity index (χ2n) is 6.44. The number of carbonyl (C=O) groups excluding carboxylic acids is 1. The first kappa shape index (κ1) is 16.6. The Bertz CT molecular complexity index is 1180. The molecule has 2 heterocycles. The van der Waals surface area contributed by atoms with Crippen LogP contribution in [0.5, 0.6) is 0 Å². The largest absolute Gasteiger partial charge is 0.451 e. The monoisotopic (exact) mass is 364 g/mol. The van der Waals surface area contributed by atoms with Crippen LogP contribution in [0.15, 0.2) is 46.9 Å². The van der Waals surface area contributed by atoms with Crippen LogP contribution in [0.4, 0.5) is 5.69 Å². The summed E-state index contributed by atoms with van der Waals surface area (Å²) in [6, 6.07) is 13.3. The van der Waals surface area contributed by atoms with Crippen LogP contribution >= 0.6 is 11.6 Å². The van der Waals surface area contributed by atoms with Crippen LogP contribution < -0.4 is 5.32 Å². The summed E-state index contributed by atoms with van der Waals surface area (Å²) in [5, 5.41) is 5.40. The van der Waals surface area contributed by atoms with Crippen LogP contribution in [-0.2, 0) is 0 Å². The molecule has 0 saturated heterocycles. The van der Waals surface area contributed by atoms with Crippen molar-refractivity contribution in [2.24, 2.45) is 0 Å². The van der Waals surface area contributed by atoms with Gasteiger partial charge in [0.05, 0.1) is 11.2 Å². The lowest BCUT2D eigenvalue weighted by Gasteiger charge is -2.08. The molecule has 0 spiro atoms. The van der Waals surface area contributed by atoms with E-state index in [9.17, 15) is 4.79 Å². The van der Waals surface area contributed by atoms with E-state index in [1.54, 1.807) is 0 Å². The number of hydrogen-bond acceptors (Lipinski definition) is 3. The van der Waals surface area contributed by atoms with Gasteiger partial charge in [-0.3, -0.25) is 9.78 Å². The zero-order valence-corrected chi connectivity index (χ0v) is 15.4. The highest BCUT2D eigenvalue weighted by atomic mass is 35.5. The van der Waals surface area contributed by atoms with E-state index in [2.05, 4.69) is 10.3 Å². The van der Waals surface area contributed by atoms with Crippen LogP contribution in [0.25, 0.3) is 21.9 Å². The lowest BCUT2D eigenvalue weighted by molar-refractivity contribution is 0.0998. The molecule has 0 fully saturated rings. The van der Waals surface area contributed by atoms with Gasteiger partial charge in [0.2, 0.25) is 0 Å². The fourth-order valence-electron chi connectivity index (χ4n) is 3.08. The van der Waals surface area contributed by atoms with E-state index in [1.807, 2.05) is 63.2 Å². The minimum atomic E-state index is -0.303. The summed E-state index contributed by atoms with van der Waals surface area (Å²) in [5.74, 6) is -0.0189. The van der Waals surface area contributed by atoms with E-state index in [0.29, 0.717) is 16.3 Å². The van der Waals surface area contributed by atoms with Gasteiger partial charge in [-0.05, 0) is 50.6 Å². The zero-order valence-electron chi connectivity index (χ0n) is 14.7. The van der Waals surface area contributed by atoms with Crippen LogP contribution in [0.3, 0.4) is 0 Å². The van der Waals surface area contributed by atoms with Gasteiger partial charge in [-0.2, -0.15) is 0 Å². The number of halogens is 1. The van der Waals surface area contributed by atoms with Crippen molar-refractivity contribution in [2.45, 2.75) is 20.8 Å². The quantitative estimate of drug-likeness (QED) is 0.488. The highest BCUT2D eigenvalue weighted by Gasteiger charge is 2.19. The third-order valence-corrected chi connectivity index (χ3v) is 4.94.